The highest BCUT2D eigenvalue weighted by Crippen LogP contribution is 2.20. The molecule has 0 bridgehead atoms. The van der Waals surface area contributed by atoms with Crippen LogP contribution < -0.4 is 10.1 Å². The van der Waals surface area contributed by atoms with Gasteiger partial charge in [0.05, 0.1) is 13.7 Å². The van der Waals surface area contributed by atoms with Crippen molar-refractivity contribution in [2.24, 2.45) is 0 Å². The molecule has 0 aliphatic heterocycles. The average Bonchev–Trinajstić information content (AvgIpc) is 3.03. The van der Waals surface area contributed by atoms with E-state index < -0.39 is 0 Å². The Morgan fingerprint density at radius 2 is 1.95 bits per heavy atom. The molecule has 3 aromatic rings. The summed E-state index contributed by atoms with van der Waals surface area (Å²) in [6, 6.07) is 16.0. The van der Waals surface area contributed by atoms with Crippen LogP contribution in [0.1, 0.15) is 11.4 Å². The predicted molar refractivity (Wildman–Crippen MR) is 86.9 cm³/mol. The molecule has 0 radical (unpaired) electrons. The molecular formula is C17H18N4O. The molecule has 3 rings (SSSR count). The Bertz CT molecular complexity index is 749. The van der Waals surface area contributed by atoms with Gasteiger partial charge in [-0.1, -0.05) is 29.8 Å². The van der Waals surface area contributed by atoms with E-state index in [1.807, 2.05) is 24.3 Å². The van der Waals surface area contributed by atoms with Crippen molar-refractivity contribution in [2.45, 2.75) is 13.5 Å². The summed E-state index contributed by atoms with van der Waals surface area (Å²) in [5.41, 5.74) is 3.23. The zero-order valence-electron chi connectivity index (χ0n) is 12.6. The fourth-order valence-corrected chi connectivity index (χ4v) is 2.12. The third-order valence-corrected chi connectivity index (χ3v) is 3.37. The first-order valence-corrected chi connectivity index (χ1v) is 7.11. The zero-order valence-corrected chi connectivity index (χ0v) is 12.6. The maximum atomic E-state index is 5.22. The first kappa shape index (κ1) is 14.1. The van der Waals surface area contributed by atoms with E-state index in [9.17, 15) is 0 Å². The van der Waals surface area contributed by atoms with Gasteiger partial charge in [0.1, 0.15) is 11.6 Å². The second-order valence-corrected chi connectivity index (χ2v) is 5.06. The van der Waals surface area contributed by atoms with E-state index in [-0.39, 0.29) is 0 Å². The van der Waals surface area contributed by atoms with E-state index >= 15 is 0 Å². The molecule has 5 heteroatoms. The van der Waals surface area contributed by atoms with Crippen molar-refractivity contribution in [3.63, 3.8) is 0 Å². The third kappa shape index (κ3) is 3.25. The largest absolute Gasteiger partial charge is 0.497 e. The van der Waals surface area contributed by atoms with E-state index in [0.29, 0.717) is 12.4 Å². The normalized spacial score (nSPS) is 10.5. The molecule has 0 aliphatic carbocycles. The van der Waals surface area contributed by atoms with Crippen LogP contribution in [0.2, 0.25) is 0 Å². The molecule has 5 nitrogen and oxygen atoms in total. The Balaban J connectivity index is 1.69. The number of aromatic amines is 1. The van der Waals surface area contributed by atoms with E-state index in [1.165, 1.54) is 5.56 Å². The molecule has 22 heavy (non-hydrogen) atoms. The number of methoxy groups -OCH3 is 1. The van der Waals surface area contributed by atoms with Gasteiger partial charge >= 0.3 is 0 Å². The minimum atomic E-state index is 0.597. The maximum Gasteiger partial charge on any atom is 0.181 e. The number of aryl methyl sites for hydroxylation is 1. The Labute approximate surface area is 129 Å². The molecular weight excluding hydrogens is 276 g/mol. The summed E-state index contributed by atoms with van der Waals surface area (Å²) < 4.78 is 5.22. The molecule has 2 aromatic carbocycles. The Morgan fingerprint density at radius 1 is 1.14 bits per heavy atom. The monoisotopic (exact) mass is 294 g/mol. The van der Waals surface area contributed by atoms with E-state index in [4.69, 9.17) is 4.74 Å². The van der Waals surface area contributed by atoms with Gasteiger partial charge in [0, 0.05) is 11.3 Å². The minimum Gasteiger partial charge on any atom is -0.497 e. The smallest absolute Gasteiger partial charge is 0.181 e. The lowest BCUT2D eigenvalue weighted by molar-refractivity contribution is 0.415. The second-order valence-electron chi connectivity index (χ2n) is 5.06. The number of benzene rings is 2. The molecule has 0 saturated carbocycles. The van der Waals surface area contributed by atoms with Gasteiger partial charge in [0.15, 0.2) is 5.82 Å². The zero-order chi connectivity index (χ0) is 15.4. The number of rotatable bonds is 5. The number of anilines is 1. The van der Waals surface area contributed by atoms with Crippen molar-refractivity contribution in [3.05, 3.63) is 59.9 Å². The van der Waals surface area contributed by atoms with Crippen LogP contribution in [0.3, 0.4) is 0 Å². The fraction of sp³-hybridized carbons (Fsp3) is 0.176. The SMILES string of the molecule is COc1cccc(-c2n[nH]c(CNc3ccc(C)cc3)n2)c1. The molecule has 0 fully saturated rings. The number of hydrogen-bond donors (Lipinski definition) is 2. The molecule has 2 N–H and O–H groups in total. The van der Waals surface area contributed by atoms with Gasteiger partial charge in [-0.2, -0.15) is 5.10 Å². The van der Waals surface area contributed by atoms with Crippen LogP contribution in [0, 0.1) is 6.92 Å². The quantitative estimate of drug-likeness (QED) is 0.757. The lowest BCUT2D eigenvalue weighted by atomic mass is 10.2. The molecule has 0 saturated heterocycles. The van der Waals surface area contributed by atoms with Gasteiger partial charge in [-0.3, -0.25) is 5.10 Å². The molecule has 0 amide bonds. The Morgan fingerprint density at radius 3 is 2.73 bits per heavy atom. The molecule has 1 aromatic heterocycles. The van der Waals surface area contributed by atoms with E-state index in [1.54, 1.807) is 7.11 Å². The highest BCUT2D eigenvalue weighted by molar-refractivity contribution is 5.57. The number of ether oxygens (including phenoxy) is 1. The summed E-state index contributed by atoms with van der Waals surface area (Å²) in [7, 11) is 1.65. The average molecular weight is 294 g/mol. The van der Waals surface area contributed by atoms with E-state index in [2.05, 4.69) is 51.7 Å². The van der Waals surface area contributed by atoms with Crippen LogP contribution >= 0.6 is 0 Å². The third-order valence-electron chi connectivity index (χ3n) is 3.37. The molecule has 112 valence electrons. The van der Waals surface area contributed by atoms with Crippen molar-refractivity contribution in [3.8, 4) is 17.1 Å². The predicted octanol–water partition coefficient (Wildman–Crippen LogP) is 3.40. The van der Waals surface area contributed by atoms with Crippen molar-refractivity contribution >= 4 is 5.69 Å². The number of H-pyrrole nitrogens is 1. The number of hydrogen-bond acceptors (Lipinski definition) is 4. The summed E-state index contributed by atoms with van der Waals surface area (Å²) >= 11 is 0. The standard InChI is InChI=1S/C17H18N4O/c1-12-6-8-14(9-7-12)18-11-16-19-17(21-20-16)13-4-3-5-15(10-13)22-2/h3-10,18H,11H2,1-2H3,(H,19,20,21). The molecule has 0 aliphatic rings. The summed E-state index contributed by atoms with van der Waals surface area (Å²) in [4.78, 5) is 4.50. The number of nitrogens with one attached hydrogen (secondary N) is 2. The topological polar surface area (TPSA) is 62.8 Å². The fourth-order valence-electron chi connectivity index (χ4n) is 2.12. The summed E-state index contributed by atoms with van der Waals surface area (Å²) in [5, 5.41) is 10.5. The van der Waals surface area contributed by atoms with Gasteiger partial charge in [-0.15, -0.1) is 0 Å². The van der Waals surface area contributed by atoms with Gasteiger partial charge in [-0.05, 0) is 31.2 Å². The highest BCUT2D eigenvalue weighted by atomic mass is 16.5. The van der Waals surface area contributed by atoms with Crippen molar-refractivity contribution in [1.29, 1.82) is 0 Å². The highest BCUT2D eigenvalue weighted by Gasteiger charge is 2.06. The van der Waals surface area contributed by atoms with Gasteiger partial charge in [0.2, 0.25) is 0 Å². The second kappa shape index (κ2) is 6.30. The molecule has 0 atom stereocenters. The van der Waals surface area contributed by atoms with Gasteiger partial charge < -0.3 is 10.1 Å². The van der Waals surface area contributed by atoms with Crippen molar-refractivity contribution in [1.82, 2.24) is 15.2 Å². The van der Waals surface area contributed by atoms with Gasteiger partial charge in [0.25, 0.3) is 0 Å². The maximum absolute atomic E-state index is 5.22. The molecule has 0 spiro atoms. The van der Waals surface area contributed by atoms with Gasteiger partial charge in [-0.25, -0.2) is 4.98 Å². The first-order valence-electron chi connectivity index (χ1n) is 7.11. The summed E-state index contributed by atoms with van der Waals surface area (Å²) in [6.45, 7) is 2.67. The number of aromatic nitrogens is 3. The van der Waals surface area contributed by atoms with Crippen molar-refractivity contribution < 1.29 is 4.74 Å². The van der Waals surface area contributed by atoms with E-state index in [0.717, 1.165) is 22.8 Å². The number of nitrogens with zero attached hydrogens (tertiary/aromatic N) is 2. The first-order chi connectivity index (χ1) is 10.7. The Kier molecular flexibility index (Phi) is 4.05. The van der Waals surface area contributed by atoms with Crippen LogP contribution in [0.15, 0.2) is 48.5 Å². The summed E-state index contributed by atoms with van der Waals surface area (Å²) in [6.07, 6.45) is 0. The molecule has 0 unspecified atom stereocenters. The minimum absolute atomic E-state index is 0.597. The lowest BCUT2D eigenvalue weighted by Crippen LogP contribution is -2.01. The van der Waals surface area contributed by atoms with Crippen molar-refractivity contribution in [2.75, 3.05) is 12.4 Å². The van der Waals surface area contributed by atoms with Crippen LogP contribution in [0.5, 0.6) is 5.75 Å². The van der Waals surface area contributed by atoms with Crippen LogP contribution in [-0.2, 0) is 6.54 Å². The van der Waals surface area contributed by atoms with Crippen LogP contribution in [0.25, 0.3) is 11.4 Å². The molecule has 1 heterocycles. The lowest BCUT2D eigenvalue weighted by Gasteiger charge is -2.04. The summed E-state index contributed by atoms with van der Waals surface area (Å²) in [5.74, 6) is 2.25. The Hall–Kier alpha value is -2.82. The van der Waals surface area contributed by atoms with Crippen LogP contribution in [0.4, 0.5) is 5.69 Å². The van der Waals surface area contributed by atoms with Crippen LogP contribution in [-0.4, -0.2) is 22.3 Å².